The summed E-state index contributed by atoms with van der Waals surface area (Å²) in [4.78, 5) is 25.9. The summed E-state index contributed by atoms with van der Waals surface area (Å²) in [7, 11) is 0. The quantitative estimate of drug-likeness (QED) is 0.739. The molecule has 0 spiro atoms. The average molecular weight is 390 g/mol. The Morgan fingerprint density at radius 2 is 2.07 bits per heavy atom. The van der Waals surface area contributed by atoms with E-state index in [1.54, 1.807) is 6.20 Å². The van der Waals surface area contributed by atoms with Gasteiger partial charge >= 0.3 is 0 Å². The molecule has 148 valence electrons. The van der Waals surface area contributed by atoms with E-state index < -0.39 is 0 Å². The van der Waals surface area contributed by atoms with Crippen molar-refractivity contribution in [2.24, 2.45) is 0 Å². The summed E-state index contributed by atoms with van der Waals surface area (Å²) in [6.07, 6.45) is 3.89. The number of nitrogens with one attached hydrogen (secondary N) is 1. The van der Waals surface area contributed by atoms with Crippen LogP contribution in [0, 0.1) is 6.92 Å². The van der Waals surface area contributed by atoms with Gasteiger partial charge in [-0.3, -0.25) is 4.79 Å². The van der Waals surface area contributed by atoms with Crippen LogP contribution in [0.15, 0.2) is 47.4 Å². The fourth-order valence-electron chi connectivity index (χ4n) is 4.13. The topological polar surface area (TPSA) is 80.3 Å². The SMILES string of the molecule is Cc1cc(=O)[nH]c(-c2ccc(N3CCCC3c3cccc4c3OCCO4)nc2)n1. The van der Waals surface area contributed by atoms with Gasteiger partial charge in [-0.2, -0.15) is 0 Å². The Hall–Kier alpha value is -3.35. The van der Waals surface area contributed by atoms with Gasteiger partial charge in [0, 0.05) is 35.6 Å². The molecule has 29 heavy (non-hydrogen) atoms. The van der Waals surface area contributed by atoms with Crippen LogP contribution in [0.2, 0.25) is 0 Å². The Balaban J connectivity index is 1.46. The molecule has 2 aliphatic heterocycles. The van der Waals surface area contributed by atoms with Crippen molar-refractivity contribution in [2.75, 3.05) is 24.7 Å². The van der Waals surface area contributed by atoms with Crippen molar-refractivity contribution in [2.45, 2.75) is 25.8 Å². The monoisotopic (exact) mass is 390 g/mol. The van der Waals surface area contributed by atoms with Crippen LogP contribution in [0.3, 0.4) is 0 Å². The molecule has 4 heterocycles. The number of hydrogen-bond donors (Lipinski definition) is 1. The summed E-state index contributed by atoms with van der Waals surface area (Å²) in [5.41, 5.74) is 2.46. The number of para-hydroxylation sites is 1. The van der Waals surface area contributed by atoms with Crippen molar-refractivity contribution >= 4 is 5.82 Å². The van der Waals surface area contributed by atoms with Gasteiger partial charge < -0.3 is 19.4 Å². The van der Waals surface area contributed by atoms with E-state index in [-0.39, 0.29) is 11.6 Å². The van der Waals surface area contributed by atoms with Gasteiger partial charge in [0.1, 0.15) is 24.9 Å². The van der Waals surface area contributed by atoms with Gasteiger partial charge in [-0.1, -0.05) is 12.1 Å². The number of anilines is 1. The van der Waals surface area contributed by atoms with E-state index in [9.17, 15) is 4.79 Å². The molecular formula is C22H22N4O3. The third-order valence-corrected chi connectivity index (χ3v) is 5.39. The zero-order valence-electron chi connectivity index (χ0n) is 16.2. The fraction of sp³-hybridized carbons (Fsp3) is 0.318. The maximum Gasteiger partial charge on any atom is 0.251 e. The zero-order chi connectivity index (χ0) is 19.8. The lowest BCUT2D eigenvalue weighted by Gasteiger charge is -2.29. The van der Waals surface area contributed by atoms with Crippen LogP contribution in [0.5, 0.6) is 11.5 Å². The lowest BCUT2D eigenvalue weighted by molar-refractivity contribution is 0.169. The highest BCUT2D eigenvalue weighted by Gasteiger charge is 2.31. The first-order chi connectivity index (χ1) is 14.2. The molecule has 0 saturated carbocycles. The van der Waals surface area contributed by atoms with Crippen LogP contribution in [-0.4, -0.2) is 34.7 Å². The molecule has 0 aliphatic carbocycles. The summed E-state index contributed by atoms with van der Waals surface area (Å²) in [6, 6.07) is 11.7. The number of benzene rings is 1. The van der Waals surface area contributed by atoms with Gasteiger partial charge in [0.25, 0.3) is 5.56 Å². The van der Waals surface area contributed by atoms with Gasteiger partial charge in [0.2, 0.25) is 0 Å². The number of nitrogens with zero attached hydrogens (tertiary/aromatic N) is 3. The van der Waals surface area contributed by atoms with E-state index in [1.165, 1.54) is 6.07 Å². The number of hydrogen-bond acceptors (Lipinski definition) is 6. The minimum absolute atomic E-state index is 0.160. The van der Waals surface area contributed by atoms with Gasteiger partial charge in [0.05, 0.1) is 6.04 Å². The molecule has 7 heteroatoms. The lowest BCUT2D eigenvalue weighted by Crippen LogP contribution is -2.25. The van der Waals surface area contributed by atoms with Crippen LogP contribution in [0.4, 0.5) is 5.82 Å². The molecule has 0 bridgehead atoms. The number of aryl methyl sites for hydroxylation is 1. The maximum atomic E-state index is 11.7. The van der Waals surface area contributed by atoms with Crippen molar-refractivity contribution in [1.29, 1.82) is 0 Å². The third-order valence-electron chi connectivity index (χ3n) is 5.39. The summed E-state index contributed by atoms with van der Waals surface area (Å²) in [6.45, 7) is 3.90. The van der Waals surface area contributed by atoms with Crippen LogP contribution in [0.25, 0.3) is 11.4 Å². The molecule has 1 atom stereocenters. The molecule has 1 fully saturated rings. The van der Waals surface area contributed by atoms with E-state index in [1.807, 2.05) is 31.2 Å². The first-order valence-corrected chi connectivity index (χ1v) is 9.88. The smallest absolute Gasteiger partial charge is 0.251 e. The van der Waals surface area contributed by atoms with Crippen LogP contribution < -0.4 is 19.9 Å². The van der Waals surface area contributed by atoms with E-state index in [0.29, 0.717) is 24.7 Å². The molecule has 1 aromatic carbocycles. The molecule has 1 N–H and O–H groups in total. The van der Waals surface area contributed by atoms with E-state index in [4.69, 9.17) is 9.47 Å². The Bertz CT molecular complexity index is 1090. The lowest BCUT2D eigenvalue weighted by atomic mass is 10.0. The molecule has 0 radical (unpaired) electrons. The number of fused-ring (bicyclic) bond motifs is 1. The van der Waals surface area contributed by atoms with Gasteiger partial charge in [0.15, 0.2) is 11.5 Å². The standard InChI is InChI=1S/C22H22N4O3/c1-14-12-20(27)25-22(24-14)15-7-8-19(23-13-15)26-9-3-5-17(26)16-4-2-6-18-21(16)29-11-10-28-18/h2,4,6-8,12-13,17H,3,5,9-11H2,1H3,(H,24,25,27). The predicted molar refractivity (Wildman–Crippen MR) is 110 cm³/mol. The second kappa shape index (κ2) is 7.24. The number of aromatic nitrogens is 3. The van der Waals surface area contributed by atoms with Crippen molar-refractivity contribution in [3.8, 4) is 22.9 Å². The Morgan fingerprint density at radius 1 is 1.17 bits per heavy atom. The van der Waals surface area contributed by atoms with E-state index >= 15 is 0 Å². The van der Waals surface area contributed by atoms with E-state index in [0.717, 1.165) is 47.8 Å². The maximum absolute atomic E-state index is 11.7. The van der Waals surface area contributed by atoms with Gasteiger partial charge in [-0.15, -0.1) is 0 Å². The van der Waals surface area contributed by atoms with Crippen molar-refractivity contribution in [3.05, 3.63) is 64.2 Å². The molecule has 2 aromatic heterocycles. The summed E-state index contributed by atoms with van der Waals surface area (Å²) < 4.78 is 11.7. The first-order valence-electron chi connectivity index (χ1n) is 9.88. The molecule has 0 amide bonds. The minimum Gasteiger partial charge on any atom is -0.486 e. The third kappa shape index (κ3) is 3.33. The van der Waals surface area contributed by atoms with Crippen LogP contribution >= 0.6 is 0 Å². The highest BCUT2D eigenvalue weighted by Crippen LogP contribution is 2.44. The Kier molecular flexibility index (Phi) is 4.42. The Labute approximate surface area is 168 Å². The summed E-state index contributed by atoms with van der Waals surface area (Å²) in [5, 5.41) is 0. The second-order valence-corrected chi connectivity index (χ2v) is 7.36. The van der Waals surface area contributed by atoms with Crippen LogP contribution in [0.1, 0.15) is 30.1 Å². The average Bonchev–Trinajstić information content (AvgIpc) is 3.22. The summed E-state index contributed by atoms with van der Waals surface area (Å²) >= 11 is 0. The second-order valence-electron chi connectivity index (χ2n) is 7.36. The predicted octanol–water partition coefficient (Wildman–Crippen LogP) is 3.25. The molecule has 2 aliphatic rings. The highest BCUT2D eigenvalue weighted by atomic mass is 16.6. The number of ether oxygens (including phenoxy) is 2. The molecule has 1 unspecified atom stereocenters. The van der Waals surface area contributed by atoms with E-state index in [2.05, 4.69) is 25.9 Å². The van der Waals surface area contributed by atoms with Gasteiger partial charge in [-0.05, 0) is 38.0 Å². The number of H-pyrrole nitrogens is 1. The molecule has 5 rings (SSSR count). The first kappa shape index (κ1) is 17.7. The van der Waals surface area contributed by atoms with Crippen molar-refractivity contribution < 1.29 is 9.47 Å². The number of rotatable bonds is 3. The largest absolute Gasteiger partial charge is 0.486 e. The summed E-state index contributed by atoms with van der Waals surface area (Å²) in [5.74, 6) is 3.11. The number of pyridine rings is 1. The van der Waals surface area contributed by atoms with Crippen LogP contribution in [-0.2, 0) is 0 Å². The highest BCUT2D eigenvalue weighted by molar-refractivity contribution is 5.58. The zero-order valence-corrected chi connectivity index (χ0v) is 16.2. The minimum atomic E-state index is -0.160. The van der Waals surface area contributed by atoms with Gasteiger partial charge in [-0.25, -0.2) is 9.97 Å². The number of aromatic amines is 1. The fourth-order valence-corrected chi connectivity index (χ4v) is 4.13. The normalized spacial score (nSPS) is 18.1. The molecular weight excluding hydrogens is 368 g/mol. The molecule has 1 saturated heterocycles. The Morgan fingerprint density at radius 3 is 2.90 bits per heavy atom. The van der Waals surface area contributed by atoms with Crippen molar-refractivity contribution in [3.63, 3.8) is 0 Å². The van der Waals surface area contributed by atoms with Crippen molar-refractivity contribution in [1.82, 2.24) is 15.0 Å². The molecule has 7 nitrogen and oxygen atoms in total. The molecule has 3 aromatic rings.